The third kappa shape index (κ3) is 2.38. The predicted molar refractivity (Wildman–Crippen MR) is 64.4 cm³/mol. The summed E-state index contributed by atoms with van der Waals surface area (Å²) in [6.45, 7) is 3.40. The Balaban J connectivity index is 2.48. The van der Waals surface area contributed by atoms with Crippen molar-refractivity contribution in [2.45, 2.75) is 13.8 Å². The molecule has 3 heteroatoms. The van der Waals surface area contributed by atoms with E-state index in [2.05, 4.69) is 4.98 Å². The summed E-state index contributed by atoms with van der Waals surface area (Å²) in [6.07, 6.45) is 2.77. The second-order valence-electron chi connectivity index (χ2n) is 3.98. The zero-order valence-electron chi connectivity index (χ0n) is 9.70. The zero-order chi connectivity index (χ0) is 12.4. The van der Waals surface area contributed by atoms with Crippen LogP contribution in [-0.2, 0) is 0 Å². The first-order chi connectivity index (χ1) is 8.08. The van der Waals surface area contributed by atoms with Crippen LogP contribution in [0.5, 0.6) is 0 Å². The lowest BCUT2D eigenvalue weighted by molar-refractivity contribution is 0.101. The fourth-order valence-electron chi connectivity index (χ4n) is 1.81. The first kappa shape index (κ1) is 11.5. The van der Waals surface area contributed by atoms with Crippen molar-refractivity contribution < 1.29 is 9.18 Å². The van der Waals surface area contributed by atoms with E-state index >= 15 is 0 Å². The van der Waals surface area contributed by atoms with Crippen LogP contribution in [0.1, 0.15) is 22.8 Å². The number of carbonyl (C=O) groups excluding carboxylic acids is 1. The monoisotopic (exact) mass is 229 g/mol. The van der Waals surface area contributed by atoms with Gasteiger partial charge in [0.05, 0.1) is 6.20 Å². The Morgan fingerprint density at radius 1 is 1.18 bits per heavy atom. The highest BCUT2D eigenvalue weighted by molar-refractivity contribution is 5.96. The summed E-state index contributed by atoms with van der Waals surface area (Å²) in [7, 11) is 0. The number of benzene rings is 1. The number of hydrogen-bond acceptors (Lipinski definition) is 2. The average Bonchev–Trinajstić information content (AvgIpc) is 2.28. The maximum absolute atomic E-state index is 13.0. The van der Waals surface area contributed by atoms with E-state index in [4.69, 9.17) is 0 Å². The molecule has 1 heterocycles. The molecule has 0 unspecified atom stereocenters. The van der Waals surface area contributed by atoms with Crippen LogP contribution < -0.4 is 0 Å². The Kier molecular flexibility index (Phi) is 3.00. The van der Waals surface area contributed by atoms with Gasteiger partial charge < -0.3 is 0 Å². The molecule has 0 radical (unpaired) electrons. The molecule has 0 saturated carbocycles. The molecule has 0 bridgehead atoms. The Morgan fingerprint density at radius 2 is 1.94 bits per heavy atom. The predicted octanol–water partition coefficient (Wildman–Crippen LogP) is 3.40. The van der Waals surface area contributed by atoms with Crippen molar-refractivity contribution in [3.8, 4) is 11.1 Å². The molecule has 86 valence electrons. The number of aryl methyl sites for hydroxylation is 1. The molecule has 0 spiro atoms. The van der Waals surface area contributed by atoms with Crippen LogP contribution in [0.4, 0.5) is 4.39 Å². The third-order valence-electron chi connectivity index (χ3n) is 2.64. The largest absolute Gasteiger partial charge is 0.295 e. The zero-order valence-corrected chi connectivity index (χ0v) is 9.70. The summed E-state index contributed by atoms with van der Waals surface area (Å²) in [5, 5.41) is 0. The number of carbonyl (C=O) groups is 1. The molecule has 2 aromatic rings. The molecule has 1 aromatic heterocycles. The molecule has 17 heavy (non-hydrogen) atoms. The van der Waals surface area contributed by atoms with E-state index in [0.29, 0.717) is 11.1 Å². The van der Waals surface area contributed by atoms with Gasteiger partial charge in [0.15, 0.2) is 5.78 Å². The van der Waals surface area contributed by atoms with Gasteiger partial charge in [0.2, 0.25) is 0 Å². The van der Waals surface area contributed by atoms with Gasteiger partial charge in [-0.3, -0.25) is 9.78 Å². The summed E-state index contributed by atoms with van der Waals surface area (Å²) in [5.74, 6) is -0.331. The molecular weight excluding hydrogens is 217 g/mol. The highest BCUT2D eigenvalue weighted by atomic mass is 19.1. The second-order valence-corrected chi connectivity index (χ2v) is 3.98. The fraction of sp³-hybridized carbons (Fsp3) is 0.143. The molecule has 2 nitrogen and oxygen atoms in total. The van der Waals surface area contributed by atoms with Gasteiger partial charge in [-0.05, 0) is 31.0 Å². The number of ketones is 1. The van der Waals surface area contributed by atoms with Gasteiger partial charge in [-0.2, -0.15) is 0 Å². The van der Waals surface area contributed by atoms with Crippen LogP contribution in [0, 0.1) is 12.7 Å². The van der Waals surface area contributed by atoms with E-state index in [1.54, 1.807) is 18.3 Å². The lowest BCUT2D eigenvalue weighted by atomic mass is 9.99. The van der Waals surface area contributed by atoms with Crippen LogP contribution in [0.2, 0.25) is 0 Å². The minimum atomic E-state index is -0.365. The highest BCUT2D eigenvalue weighted by Gasteiger charge is 2.06. The topological polar surface area (TPSA) is 30.0 Å². The molecule has 0 N–H and O–H groups in total. The smallest absolute Gasteiger partial charge is 0.160 e. The van der Waals surface area contributed by atoms with Crippen molar-refractivity contribution in [3.63, 3.8) is 0 Å². The Morgan fingerprint density at radius 3 is 2.53 bits per heavy atom. The minimum Gasteiger partial charge on any atom is -0.295 e. The number of rotatable bonds is 2. The quantitative estimate of drug-likeness (QED) is 0.739. The summed E-state index contributed by atoms with van der Waals surface area (Å²) in [4.78, 5) is 15.1. The fourth-order valence-corrected chi connectivity index (χ4v) is 1.81. The second kappa shape index (κ2) is 4.45. The Labute approximate surface area is 99.1 Å². The summed E-state index contributed by atoms with van der Waals surface area (Å²) >= 11 is 0. The van der Waals surface area contributed by atoms with E-state index < -0.39 is 0 Å². The van der Waals surface area contributed by atoms with Crippen LogP contribution in [0.15, 0.2) is 36.7 Å². The Bertz CT molecular complexity index is 578. The molecular formula is C14H12FNO. The van der Waals surface area contributed by atoms with Crippen molar-refractivity contribution in [2.75, 3.05) is 0 Å². The van der Waals surface area contributed by atoms with Crippen LogP contribution in [0.25, 0.3) is 11.1 Å². The van der Waals surface area contributed by atoms with E-state index in [0.717, 1.165) is 11.1 Å². The van der Waals surface area contributed by atoms with Gasteiger partial charge in [-0.15, -0.1) is 0 Å². The third-order valence-corrected chi connectivity index (χ3v) is 2.64. The number of nitrogens with zero attached hydrogens (tertiary/aromatic N) is 1. The summed E-state index contributed by atoms with van der Waals surface area (Å²) < 4.78 is 13.0. The number of halogens is 1. The van der Waals surface area contributed by atoms with E-state index in [1.807, 2.05) is 13.0 Å². The van der Waals surface area contributed by atoms with Crippen molar-refractivity contribution in [2.24, 2.45) is 0 Å². The number of hydrogen-bond donors (Lipinski definition) is 0. The molecule has 0 saturated heterocycles. The normalized spacial score (nSPS) is 10.3. The van der Waals surface area contributed by atoms with Gasteiger partial charge in [0, 0.05) is 17.3 Å². The summed E-state index contributed by atoms with van der Waals surface area (Å²) in [6, 6.07) is 6.86. The lowest BCUT2D eigenvalue weighted by Gasteiger charge is -2.06. The first-order valence-corrected chi connectivity index (χ1v) is 5.30. The standard InChI is InChI=1S/C14H12FNO/c1-9-5-11(3-4-14(9)10(2)17)12-6-13(15)8-16-7-12/h3-8H,1-2H3. The average molecular weight is 229 g/mol. The molecule has 0 amide bonds. The van der Waals surface area contributed by atoms with Gasteiger partial charge in [0.25, 0.3) is 0 Å². The number of aromatic nitrogens is 1. The van der Waals surface area contributed by atoms with Gasteiger partial charge in [-0.25, -0.2) is 4.39 Å². The highest BCUT2D eigenvalue weighted by Crippen LogP contribution is 2.22. The molecule has 0 atom stereocenters. The van der Waals surface area contributed by atoms with E-state index in [1.165, 1.54) is 19.2 Å². The van der Waals surface area contributed by atoms with Crippen LogP contribution in [0.3, 0.4) is 0 Å². The van der Waals surface area contributed by atoms with Crippen LogP contribution >= 0.6 is 0 Å². The number of pyridine rings is 1. The molecule has 0 aliphatic rings. The maximum Gasteiger partial charge on any atom is 0.160 e. The van der Waals surface area contributed by atoms with Gasteiger partial charge in [0.1, 0.15) is 5.82 Å². The minimum absolute atomic E-state index is 0.0337. The van der Waals surface area contributed by atoms with E-state index in [9.17, 15) is 9.18 Å². The number of Topliss-reactive ketones (excluding diaryl/α,β-unsaturated/α-hetero) is 1. The summed E-state index contributed by atoms with van der Waals surface area (Å²) in [5.41, 5.74) is 3.15. The van der Waals surface area contributed by atoms with Gasteiger partial charge in [-0.1, -0.05) is 18.2 Å². The Hall–Kier alpha value is -2.03. The van der Waals surface area contributed by atoms with Crippen molar-refractivity contribution in [1.29, 1.82) is 0 Å². The first-order valence-electron chi connectivity index (χ1n) is 5.30. The van der Waals surface area contributed by atoms with Gasteiger partial charge >= 0.3 is 0 Å². The van der Waals surface area contributed by atoms with Crippen molar-refractivity contribution in [3.05, 3.63) is 53.6 Å². The molecule has 0 aliphatic carbocycles. The molecule has 0 fully saturated rings. The molecule has 0 aliphatic heterocycles. The van der Waals surface area contributed by atoms with Crippen LogP contribution in [-0.4, -0.2) is 10.8 Å². The maximum atomic E-state index is 13.0. The SMILES string of the molecule is CC(=O)c1ccc(-c2cncc(F)c2)cc1C. The molecule has 2 rings (SSSR count). The lowest BCUT2D eigenvalue weighted by Crippen LogP contribution is -1.96. The van der Waals surface area contributed by atoms with E-state index in [-0.39, 0.29) is 11.6 Å². The van der Waals surface area contributed by atoms with Crippen molar-refractivity contribution in [1.82, 2.24) is 4.98 Å². The van der Waals surface area contributed by atoms with Crippen molar-refractivity contribution >= 4 is 5.78 Å². The molecule has 1 aromatic carbocycles.